The average Bonchev–Trinajstić information content (AvgIpc) is 2.38. The molecule has 0 aliphatic rings. The summed E-state index contributed by atoms with van der Waals surface area (Å²) < 4.78 is 31.7. The fourth-order valence-corrected chi connectivity index (χ4v) is 2.10. The maximum Gasteiger partial charge on any atom is 0.130 e. The van der Waals surface area contributed by atoms with E-state index in [9.17, 15) is 13.9 Å². The van der Waals surface area contributed by atoms with Gasteiger partial charge in [0.05, 0.1) is 18.8 Å². The van der Waals surface area contributed by atoms with Crippen LogP contribution in [-0.4, -0.2) is 30.5 Å². The highest BCUT2D eigenvalue weighted by Crippen LogP contribution is 2.09. The lowest BCUT2D eigenvalue weighted by Crippen LogP contribution is -2.31. The van der Waals surface area contributed by atoms with Crippen molar-refractivity contribution in [3.05, 3.63) is 35.4 Å². The second kappa shape index (κ2) is 9.07. The van der Waals surface area contributed by atoms with Crippen molar-refractivity contribution in [1.82, 2.24) is 5.32 Å². The van der Waals surface area contributed by atoms with Crippen LogP contribution in [0.3, 0.4) is 0 Å². The molecule has 2 N–H and O–H groups in total. The van der Waals surface area contributed by atoms with Gasteiger partial charge in [-0.2, -0.15) is 0 Å². The topological polar surface area (TPSA) is 41.5 Å². The van der Waals surface area contributed by atoms with Crippen molar-refractivity contribution < 1.29 is 18.6 Å². The molecule has 3 nitrogen and oxygen atoms in total. The zero-order valence-electron chi connectivity index (χ0n) is 12.9. The molecule has 5 heteroatoms. The minimum absolute atomic E-state index is 0.106. The van der Waals surface area contributed by atoms with Crippen molar-refractivity contribution in [1.29, 1.82) is 0 Å². The van der Waals surface area contributed by atoms with Crippen molar-refractivity contribution in [2.24, 2.45) is 5.92 Å². The van der Waals surface area contributed by atoms with Gasteiger partial charge in [0.1, 0.15) is 11.6 Å². The molecule has 21 heavy (non-hydrogen) atoms. The third-order valence-corrected chi connectivity index (χ3v) is 3.09. The van der Waals surface area contributed by atoms with Crippen LogP contribution in [0.4, 0.5) is 8.78 Å². The summed E-state index contributed by atoms with van der Waals surface area (Å²) in [6.45, 7) is 7.00. The minimum atomic E-state index is -0.650. The molecule has 0 fully saturated rings. The van der Waals surface area contributed by atoms with Crippen molar-refractivity contribution in [3.8, 4) is 0 Å². The smallest absolute Gasteiger partial charge is 0.130 e. The zero-order valence-corrected chi connectivity index (χ0v) is 12.9. The molecule has 0 aliphatic carbocycles. The SMILES string of the molecule is CC(C)CC(C)OCC(O)CNCc1ccc(F)cc1F. The number of aliphatic hydroxyl groups is 1. The maximum absolute atomic E-state index is 13.4. The third-order valence-electron chi connectivity index (χ3n) is 3.09. The van der Waals surface area contributed by atoms with Gasteiger partial charge in [-0.3, -0.25) is 0 Å². The molecule has 0 bridgehead atoms. The molecule has 0 saturated heterocycles. The summed E-state index contributed by atoms with van der Waals surface area (Å²) in [6.07, 6.45) is 0.401. The fourth-order valence-electron chi connectivity index (χ4n) is 2.10. The molecular formula is C16H25F2NO2. The first-order valence-electron chi connectivity index (χ1n) is 7.32. The Morgan fingerprint density at radius 2 is 1.95 bits per heavy atom. The Balaban J connectivity index is 2.22. The lowest BCUT2D eigenvalue weighted by molar-refractivity contribution is -0.00859. The van der Waals surface area contributed by atoms with Crippen LogP contribution in [0, 0.1) is 17.6 Å². The number of hydrogen-bond acceptors (Lipinski definition) is 3. The highest BCUT2D eigenvalue weighted by molar-refractivity contribution is 5.18. The van der Waals surface area contributed by atoms with E-state index < -0.39 is 17.7 Å². The van der Waals surface area contributed by atoms with Crippen LogP contribution in [0.15, 0.2) is 18.2 Å². The Morgan fingerprint density at radius 3 is 2.57 bits per heavy atom. The summed E-state index contributed by atoms with van der Waals surface area (Å²) in [6, 6.07) is 3.46. The van der Waals surface area contributed by atoms with Gasteiger partial charge in [0.25, 0.3) is 0 Å². The fraction of sp³-hybridized carbons (Fsp3) is 0.625. The van der Waals surface area contributed by atoms with Gasteiger partial charge in [0, 0.05) is 24.7 Å². The number of aliphatic hydroxyl groups excluding tert-OH is 1. The first-order valence-corrected chi connectivity index (χ1v) is 7.32. The van der Waals surface area contributed by atoms with Crippen LogP contribution >= 0.6 is 0 Å². The maximum atomic E-state index is 13.4. The van der Waals surface area contributed by atoms with Crippen LogP contribution in [0.25, 0.3) is 0 Å². The predicted molar refractivity (Wildman–Crippen MR) is 78.9 cm³/mol. The summed E-state index contributed by atoms with van der Waals surface area (Å²) in [7, 11) is 0. The van der Waals surface area contributed by atoms with E-state index in [-0.39, 0.29) is 19.3 Å². The Morgan fingerprint density at radius 1 is 1.24 bits per heavy atom. The molecule has 0 aliphatic heterocycles. The second-order valence-electron chi connectivity index (χ2n) is 5.79. The Kier molecular flexibility index (Phi) is 7.78. The van der Waals surface area contributed by atoms with Gasteiger partial charge in [0.15, 0.2) is 0 Å². The summed E-state index contributed by atoms with van der Waals surface area (Å²) >= 11 is 0. The van der Waals surface area contributed by atoms with Gasteiger partial charge < -0.3 is 15.2 Å². The summed E-state index contributed by atoms with van der Waals surface area (Å²) in [5, 5.41) is 12.7. The minimum Gasteiger partial charge on any atom is -0.389 e. The van der Waals surface area contributed by atoms with E-state index in [4.69, 9.17) is 4.74 Å². The van der Waals surface area contributed by atoms with Gasteiger partial charge in [-0.25, -0.2) is 8.78 Å². The van der Waals surface area contributed by atoms with E-state index in [0.717, 1.165) is 12.5 Å². The van der Waals surface area contributed by atoms with E-state index >= 15 is 0 Å². The third kappa shape index (κ3) is 7.50. The number of ether oxygens (including phenoxy) is 1. The average molecular weight is 301 g/mol. The van der Waals surface area contributed by atoms with Crippen LogP contribution in [-0.2, 0) is 11.3 Å². The lowest BCUT2D eigenvalue weighted by atomic mass is 10.1. The highest BCUT2D eigenvalue weighted by atomic mass is 19.1. The molecular weight excluding hydrogens is 276 g/mol. The molecule has 0 heterocycles. The first-order chi connectivity index (χ1) is 9.88. The Hall–Kier alpha value is -1.04. The van der Waals surface area contributed by atoms with Gasteiger partial charge in [-0.05, 0) is 25.3 Å². The molecule has 0 aromatic heterocycles. The zero-order chi connectivity index (χ0) is 15.8. The predicted octanol–water partition coefficient (Wildman–Crippen LogP) is 2.87. The van der Waals surface area contributed by atoms with E-state index in [1.807, 2.05) is 6.92 Å². The summed E-state index contributed by atoms with van der Waals surface area (Å²) in [4.78, 5) is 0. The molecule has 0 radical (unpaired) electrons. The molecule has 1 aromatic carbocycles. The van der Waals surface area contributed by atoms with E-state index in [0.29, 0.717) is 18.0 Å². The van der Waals surface area contributed by atoms with Crippen molar-refractivity contribution >= 4 is 0 Å². The monoisotopic (exact) mass is 301 g/mol. The van der Waals surface area contributed by atoms with Crippen LogP contribution in [0.2, 0.25) is 0 Å². The van der Waals surface area contributed by atoms with Gasteiger partial charge in [-0.15, -0.1) is 0 Å². The molecule has 0 amide bonds. The molecule has 1 rings (SSSR count). The van der Waals surface area contributed by atoms with Crippen molar-refractivity contribution in [3.63, 3.8) is 0 Å². The van der Waals surface area contributed by atoms with Crippen LogP contribution in [0.1, 0.15) is 32.8 Å². The molecule has 120 valence electrons. The van der Waals surface area contributed by atoms with Gasteiger partial charge in [-0.1, -0.05) is 19.9 Å². The standard InChI is InChI=1S/C16H25F2NO2/c1-11(2)6-12(3)21-10-15(20)9-19-8-13-4-5-14(17)7-16(13)18/h4-5,7,11-12,15,19-20H,6,8-10H2,1-3H3. The quantitative estimate of drug-likeness (QED) is 0.737. The molecule has 0 saturated carbocycles. The van der Waals surface area contributed by atoms with Crippen molar-refractivity contribution in [2.75, 3.05) is 13.2 Å². The van der Waals surface area contributed by atoms with Crippen molar-refractivity contribution in [2.45, 2.75) is 45.9 Å². The first kappa shape index (κ1) is 18.0. The van der Waals surface area contributed by atoms with Crippen LogP contribution < -0.4 is 5.32 Å². The number of nitrogens with one attached hydrogen (secondary N) is 1. The largest absolute Gasteiger partial charge is 0.389 e. The molecule has 0 spiro atoms. The van der Waals surface area contributed by atoms with E-state index in [1.165, 1.54) is 12.1 Å². The molecule has 2 atom stereocenters. The van der Waals surface area contributed by atoms with Gasteiger partial charge in [0.2, 0.25) is 0 Å². The Bertz CT molecular complexity index is 427. The van der Waals surface area contributed by atoms with E-state index in [1.54, 1.807) is 0 Å². The van der Waals surface area contributed by atoms with Crippen LogP contribution in [0.5, 0.6) is 0 Å². The normalized spacial score (nSPS) is 14.4. The number of rotatable bonds is 9. The molecule has 2 unspecified atom stereocenters. The summed E-state index contributed by atoms with van der Waals surface area (Å²) in [5.41, 5.74) is 0.373. The lowest BCUT2D eigenvalue weighted by Gasteiger charge is -2.18. The number of halogens is 2. The summed E-state index contributed by atoms with van der Waals surface area (Å²) in [5.74, 6) is -0.626. The number of hydrogen-bond donors (Lipinski definition) is 2. The van der Waals surface area contributed by atoms with E-state index in [2.05, 4.69) is 19.2 Å². The highest BCUT2D eigenvalue weighted by Gasteiger charge is 2.10. The molecule has 1 aromatic rings. The second-order valence-corrected chi connectivity index (χ2v) is 5.79. The Labute approximate surface area is 125 Å². The number of benzene rings is 1. The van der Waals surface area contributed by atoms with Gasteiger partial charge >= 0.3 is 0 Å².